The third kappa shape index (κ3) is 4.61. The molecule has 1 atom stereocenters. The number of nitrogens with two attached hydrogens (primary N) is 1. The highest BCUT2D eigenvalue weighted by Crippen LogP contribution is 2.16. The quantitative estimate of drug-likeness (QED) is 0.740. The SMILES string of the molecule is NCCNC(=O)C1CCCN(CCCn2ccnc2)C1. The molecule has 0 aromatic carbocycles. The van der Waals surface area contributed by atoms with Crippen molar-refractivity contribution in [2.45, 2.75) is 25.8 Å². The van der Waals surface area contributed by atoms with Crippen molar-refractivity contribution in [3.8, 4) is 0 Å². The fourth-order valence-electron chi connectivity index (χ4n) is 2.71. The Morgan fingerprint density at radius 1 is 1.45 bits per heavy atom. The second kappa shape index (κ2) is 8.01. The molecule has 0 saturated carbocycles. The monoisotopic (exact) mass is 279 g/mol. The van der Waals surface area contributed by atoms with Crippen LogP contribution < -0.4 is 11.1 Å². The van der Waals surface area contributed by atoms with Crippen LogP contribution in [-0.2, 0) is 11.3 Å². The van der Waals surface area contributed by atoms with Crippen LogP contribution in [-0.4, -0.2) is 53.1 Å². The number of piperidine rings is 1. The molecular weight excluding hydrogens is 254 g/mol. The minimum absolute atomic E-state index is 0.128. The maximum atomic E-state index is 12.0. The van der Waals surface area contributed by atoms with Crippen LogP contribution >= 0.6 is 0 Å². The van der Waals surface area contributed by atoms with Crippen LogP contribution in [0.1, 0.15) is 19.3 Å². The second-order valence-corrected chi connectivity index (χ2v) is 5.37. The average Bonchev–Trinajstić information content (AvgIpc) is 2.98. The first-order valence-corrected chi connectivity index (χ1v) is 7.45. The van der Waals surface area contributed by atoms with Gasteiger partial charge in [0.1, 0.15) is 0 Å². The number of carbonyl (C=O) groups excluding carboxylic acids is 1. The topological polar surface area (TPSA) is 76.2 Å². The molecule has 0 bridgehead atoms. The van der Waals surface area contributed by atoms with E-state index in [2.05, 4.69) is 19.8 Å². The van der Waals surface area contributed by atoms with Gasteiger partial charge >= 0.3 is 0 Å². The van der Waals surface area contributed by atoms with Crippen molar-refractivity contribution in [2.75, 3.05) is 32.7 Å². The number of rotatable bonds is 7. The Balaban J connectivity index is 1.68. The fraction of sp³-hybridized carbons (Fsp3) is 0.714. The maximum absolute atomic E-state index is 12.0. The number of aromatic nitrogens is 2. The predicted molar refractivity (Wildman–Crippen MR) is 78.1 cm³/mol. The number of nitrogens with one attached hydrogen (secondary N) is 1. The van der Waals surface area contributed by atoms with Gasteiger partial charge in [-0.15, -0.1) is 0 Å². The molecule has 3 N–H and O–H groups in total. The van der Waals surface area contributed by atoms with Crippen LogP contribution in [0.4, 0.5) is 0 Å². The van der Waals surface area contributed by atoms with Crippen LogP contribution in [0.5, 0.6) is 0 Å². The van der Waals surface area contributed by atoms with Gasteiger partial charge in [0.15, 0.2) is 0 Å². The molecule has 0 radical (unpaired) electrons. The molecule has 2 rings (SSSR count). The first-order valence-electron chi connectivity index (χ1n) is 7.45. The van der Waals surface area contributed by atoms with E-state index in [0.717, 1.165) is 45.4 Å². The van der Waals surface area contributed by atoms with Gasteiger partial charge in [0.25, 0.3) is 0 Å². The van der Waals surface area contributed by atoms with E-state index in [-0.39, 0.29) is 11.8 Å². The summed E-state index contributed by atoms with van der Waals surface area (Å²) in [6.07, 6.45) is 8.82. The molecule has 1 aliphatic heterocycles. The first kappa shape index (κ1) is 15.0. The van der Waals surface area contributed by atoms with Crippen molar-refractivity contribution < 1.29 is 4.79 Å². The zero-order valence-electron chi connectivity index (χ0n) is 12.0. The Labute approximate surface area is 120 Å². The number of nitrogens with zero attached hydrogens (tertiary/aromatic N) is 3. The predicted octanol–water partition coefficient (Wildman–Crippen LogP) is 0.0601. The Morgan fingerprint density at radius 2 is 2.35 bits per heavy atom. The van der Waals surface area contributed by atoms with Gasteiger partial charge in [0, 0.05) is 38.6 Å². The molecule has 6 heteroatoms. The third-order valence-corrected chi connectivity index (χ3v) is 3.77. The van der Waals surface area contributed by atoms with Gasteiger partial charge in [-0.25, -0.2) is 4.98 Å². The lowest BCUT2D eigenvalue weighted by Crippen LogP contribution is -2.44. The molecule has 1 aromatic heterocycles. The lowest BCUT2D eigenvalue weighted by Gasteiger charge is -2.32. The van der Waals surface area contributed by atoms with Gasteiger partial charge in [-0.1, -0.05) is 0 Å². The molecule has 1 aliphatic rings. The van der Waals surface area contributed by atoms with Crippen LogP contribution in [0.3, 0.4) is 0 Å². The zero-order valence-corrected chi connectivity index (χ0v) is 12.0. The molecule has 1 fully saturated rings. The summed E-state index contributed by atoms with van der Waals surface area (Å²) in [5.74, 6) is 0.290. The van der Waals surface area contributed by atoms with Crippen molar-refractivity contribution in [1.82, 2.24) is 19.8 Å². The average molecular weight is 279 g/mol. The smallest absolute Gasteiger partial charge is 0.224 e. The zero-order chi connectivity index (χ0) is 14.2. The van der Waals surface area contributed by atoms with E-state index < -0.39 is 0 Å². The van der Waals surface area contributed by atoms with Crippen molar-refractivity contribution in [1.29, 1.82) is 0 Å². The van der Waals surface area contributed by atoms with Crippen molar-refractivity contribution in [3.05, 3.63) is 18.7 Å². The van der Waals surface area contributed by atoms with Gasteiger partial charge in [-0.3, -0.25) is 4.79 Å². The Morgan fingerprint density at radius 3 is 3.10 bits per heavy atom. The molecule has 0 aliphatic carbocycles. The normalized spacial score (nSPS) is 19.9. The van der Waals surface area contributed by atoms with E-state index in [1.807, 2.05) is 12.5 Å². The van der Waals surface area contributed by atoms with Crippen molar-refractivity contribution in [3.63, 3.8) is 0 Å². The molecule has 2 heterocycles. The third-order valence-electron chi connectivity index (χ3n) is 3.77. The molecule has 112 valence electrons. The highest BCUT2D eigenvalue weighted by molar-refractivity contribution is 5.78. The van der Waals surface area contributed by atoms with E-state index in [4.69, 9.17) is 5.73 Å². The summed E-state index contributed by atoms with van der Waals surface area (Å²) in [7, 11) is 0. The van der Waals surface area contributed by atoms with Gasteiger partial charge < -0.3 is 20.5 Å². The number of amides is 1. The van der Waals surface area contributed by atoms with Crippen LogP contribution in [0.2, 0.25) is 0 Å². The summed E-state index contributed by atoms with van der Waals surface area (Å²) in [5.41, 5.74) is 5.41. The maximum Gasteiger partial charge on any atom is 0.224 e. The summed E-state index contributed by atoms with van der Waals surface area (Å²) in [6, 6.07) is 0. The summed E-state index contributed by atoms with van der Waals surface area (Å²) >= 11 is 0. The standard InChI is InChI=1S/C14H25N5O/c15-4-5-17-14(20)13-3-1-7-18(11-13)8-2-9-19-10-6-16-12-19/h6,10,12-13H,1-5,7-9,11,15H2,(H,17,20). The number of likely N-dealkylation sites (tertiary alicyclic amines) is 1. The highest BCUT2D eigenvalue weighted by atomic mass is 16.1. The Bertz CT molecular complexity index is 392. The van der Waals surface area contributed by atoms with Gasteiger partial charge in [0.2, 0.25) is 5.91 Å². The first-order chi connectivity index (χ1) is 9.79. The van der Waals surface area contributed by atoms with Crippen molar-refractivity contribution in [2.24, 2.45) is 11.7 Å². The Hall–Kier alpha value is -1.40. The summed E-state index contributed by atoms with van der Waals surface area (Å²) in [4.78, 5) is 18.4. The lowest BCUT2D eigenvalue weighted by molar-refractivity contribution is -0.126. The lowest BCUT2D eigenvalue weighted by atomic mass is 9.97. The Kier molecular flexibility index (Phi) is 6.01. The van der Waals surface area contributed by atoms with E-state index in [1.54, 1.807) is 6.20 Å². The summed E-state index contributed by atoms with van der Waals surface area (Å²) in [5, 5.41) is 2.90. The molecule has 1 amide bonds. The molecule has 6 nitrogen and oxygen atoms in total. The van der Waals surface area contributed by atoms with Crippen LogP contribution in [0.15, 0.2) is 18.7 Å². The molecule has 0 spiro atoms. The van der Waals surface area contributed by atoms with Crippen LogP contribution in [0.25, 0.3) is 0 Å². The summed E-state index contributed by atoms with van der Waals surface area (Å²) in [6.45, 7) is 5.09. The van der Waals surface area contributed by atoms with Gasteiger partial charge in [0.05, 0.1) is 12.2 Å². The molecule has 1 saturated heterocycles. The van der Waals surface area contributed by atoms with Crippen LogP contribution in [0, 0.1) is 5.92 Å². The van der Waals surface area contributed by atoms with E-state index in [9.17, 15) is 4.79 Å². The molecular formula is C14H25N5O. The fourth-order valence-corrected chi connectivity index (χ4v) is 2.71. The number of carbonyl (C=O) groups is 1. The van der Waals surface area contributed by atoms with E-state index in [1.165, 1.54) is 0 Å². The summed E-state index contributed by atoms with van der Waals surface area (Å²) < 4.78 is 2.09. The van der Waals surface area contributed by atoms with E-state index >= 15 is 0 Å². The van der Waals surface area contributed by atoms with Crippen molar-refractivity contribution >= 4 is 5.91 Å². The van der Waals surface area contributed by atoms with E-state index in [0.29, 0.717) is 13.1 Å². The molecule has 1 unspecified atom stereocenters. The highest BCUT2D eigenvalue weighted by Gasteiger charge is 2.24. The largest absolute Gasteiger partial charge is 0.355 e. The number of imidazole rings is 1. The minimum atomic E-state index is 0.128. The molecule has 20 heavy (non-hydrogen) atoms. The number of hydrogen-bond acceptors (Lipinski definition) is 4. The van der Waals surface area contributed by atoms with Gasteiger partial charge in [-0.2, -0.15) is 0 Å². The number of aryl methyl sites for hydroxylation is 1. The number of hydrogen-bond donors (Lipinski definition) is 2. The molecule has 1 aromatic rings. The van der Waals surface area contributed by atoms with Gasteiger partial charge in [-0.05, 0) is 32.4 Å². The second-order valence-electron chi connectivity index (χ2n) is 5.37. The minimum Gasteiger partial charge on any atom is -0.355 e.